The summed E-state index contributed by atoms with van der Waals surface area (Å²) in [6, 6.07) is 15.9. The average Bonchev–Trinajstić information content (AvgIpc) is 3.24. The second-order valence-electron chi connectivity index (χ2n) is 9.16. The van der Waals surface area contributed by atoms with E-state index in [-0.39, 0.29) is 23.8 Å². The Morgan fingerprint density at radius 1 is 1.14 bits per heavy atom. The maximum absolute atomic E-state index is 13.5. The third-order valence-corrected chi connectivity index (χ3v) is 7.60. The van der Waals surface area contributed by atoms with Crippen molar-refractivity contribution in [2.24, 2.45) is 13.0 Å². The van der Waals surface area contributed by atoms with E-state index in [1.54, 1.807) is 10.9 Å². The topological polar surface area (TPSA) is 71.3 Å². The minimum Gasteiger partial charge on any atom is -0.339 e. The lowest BCUT2D eigenvalue weighted by Crippen LogP contribution is -2.48. The van der Waals surface area contributed by atoms with Gasteiger partial charge in [-0.25, -0.2) is 4.98 Å². The van der Waals surface area contributed by atoms with Gasteiger partial charge in [0.05, 0.1) is 11.3 Å². The molecule has 0 aliphatic carbocycles. The molecule has 1 aliphatic heterocycles. The molecule has 1 aliphatic rings. The van der Waals surface area contributed by atoms with E-state index in [1.165, 1.54) is 17.3 Å². The molecule has 1 unspecified atom stereocenters. The Morgan fingerprint density at radius 3 is 2.49 bits per heavy atom. The molecule has 2 amide bonds. The smallest absolute Gasteiger partial charge is 0.272 e. The van der Waals surface area contributed by atoms with Gasteiger partial charge in [-0.15, -0.1) is 11.8 Å². The predicted molar refractivity (Wildman–Crippen MR) is 139 cm³/mol. The van der Waals surface area contributed by atoms with Gasteiger partial charge in [-0.05, 0) is 62.1 Å². The quantitative estimate of drug-likeness (QED) is 0.466. The number of likely N-dealkylation sites (N-methyl/N-ethyl adjacent to an activating group) is 1. The Bertz CT molecular complexity index is 1170. The number of rotatable bonds is 7. The van der Waals surface area contributed by atoms with Crippen LogP contribution >= 0.6 is 11.8 Å². The fraction of sp³-hybridized carbons (Fsp3) is 0.407. The van der Waals surface area contributed by atoms with Crippen LogP contribution < -0.4 is 0 Å². The third kappa shape index (κ3) is 5.59. The maximum Gasteiger partial charge on any atom is 0.272 e. The van der Waals surface area contributed by atoms with E-state index in [2.05, 4.69) is 22.2 Å². The molecule has 0 radical (unpaired) electrons. The van der Waals surface area contributed by atoms with Crippen molar-refractivity contribution in [1.29, 1.82) is 0 Å². The van der Waals surface area contributed by atoms with E-state index in [0.717, 1.165) is 30.0 Å². The first kappa shape index (κ1) is 25.0. The summed E-state index contributed by atoms with van der Waals surface area (Å²) in [6.07, 6.45) is 6.13. The van der Waals surface area contributed by atoms with Gasteiger partial charge in [0.2, 0.25) is 0 Å². The third-order valence-electron chi connectivity index (χ3n) is 6.89. The van der Waals surface area contributed by atoms with Crippen LogP contribution in [0, 0.1) is 12.8 Å². The number of hydrogen-bond acceptors (Lipinski definition) is 5. The number of amides is 2. The van der Waals surface area contributed by atoms with Gasteiger partial charge in [-0.1, -0.05) is 30.3 Å². The Hall–Kier alpha value is -3.13. The lowest BCUT2D eigenvalue weighted by atomic mass is 9.84. The molecule has 1 fully saturated rings. The zero-order chi connectivity index (χ0) is 24.9. The number of aromatic nitrogens is 3. The summed E-state index contributed by atoms with van der Waals surface area (Å²) in [5.41, 5.74) is 3.29. The molecule has 0 spiro atoms. The summed E-state index contributed by atoms with van der Waals surface area (Å²) in [7, 11) is 3.71. The minimum atomic E-state index is -0.0208. The number of carbonyl (C=O) groups excluding carboxylic acids is 2. The summed E-state index contributed by atoms with van der Waals surface area (Å²) in [4.78, 5) is 34.8. The molecule has 35 heavy (non-hydrogen) atoms. The summed E-state index contributed by atoms with van der Waals surface area (Å²) in [5, 5.41) is 5.12. The molecule has 0 N–H and O–H groups in total. The molecule has 1 atom stereocenters. The molecule has 1 aromatic carbocycles. The standard InChI is InChI=1S/C27H33N5O2S/c1-19-17-24(31(3)29-19)27(34)30(2)23(18-20-9-6-5-7-10-20)21-12-15-32(16-13-21)26(33)22-11-8-14-28-25(22)35-4/h5-11,14,17,21,23H,12-13,15-16,18H2,1-4H3. The minimum absolute atomic E-state index is 0.0208. The monoisotopic (exact) mass is 491 g/mol. The molecular formula is C27H33N5O2S. The summed E-state index contributed by atoms with van der Waals surface area (Å²) in [5.74, 6) is 0.305. The highest BCUT2D eigenvalue weighted by atomic mass is 32.2. The van der Waals surface area contributed by atoms with E-state index < -0.39 is 0 Å². The summed E-state index contributed by atoms with van der Waals surface area (Å²) < 4.78 is 1.66. The van der Waals surface area contributed by atoms with Crippen LogP contribution in [-0.4, -0.2) is 68.8 Å². The van der Waals surface area contributed by atoms with Crippen LogP contribution in [0.15, 0.2) is 59.8 Å². The molecule has 4 rings (SSSR count). The maximum atomic E-state index is 13.5. The number of thioether (sulfide) groups is 1. The number of nitrogens with zero attached hydrogens (tertiary/aromatic N) is 5. The Kier molecular flexibility index (Phi) is 7.90. The number of aryl methyl sites for hydroxylation is 2. The number of piperidine rings is 1. The van der Waals surface area contributed by atoms with Crippen LogP contribution in [0.2, 0.25) is 0 Å². The van der Waals surface area contributed by atoms with Crippen LogP contribution in [-0.2, 0) is 13.5 Å². The van der Waals surface area contributed by atoms with E-state index >= 15 is 0 Å². The molecule has 0 bridgehead atoms. The van der Waals surface area contributed by atoms with E-state index in [4.69, 9.17) is 0 Å². The highest BCUT2D eigenvalue weighted by Gasteiger charge is 2.34. The molecule has 3 aromatic rings. The zero-order valence-electron chi connectivity index (χ0n) is 20.8. The lowest BCUT2D eigenvalue weighted by Gasteiger charge is -2.40. The van der Waals surface area contributed by atoms with Crippen molar-refractivity contribution in [3.8, 4) is 0 Å². The normalized spacial score (nSPS) is 15.1. The highest BCUT2D eigenvalue weighted by molar-refractivity contribution is 7.98. The molecule has 2 aromatic heterocycles. The van der Waals surface area contributed by atoms with Crippen molar-refractivity contribution in [2.45, 2.75) is 37.3 Å². The Labute approximate surface area is 211 Å². The van der Waals surface area contributed by atoms with Gasteiger partial charge in [-0.2, -0.15) is 5.10 Å². The fourth-order valence-corrected chi connectivity index (χ4v) is 5.53. The predicted octanol–water partition coefficient (Wildman–Crippen LogP) is 4.08. The lowest BCUT2D eigenvalue weighted by molar-refractivity contribution is 0.0514. The fourth-order valence-electron chi connectivity index (χ4n) is 4.99. The van der Waals surface area contributed by atoms with Crippen LogP contribution in [0.25, 0.3) is 0 Å². The van der Waals surface area contributed by atoms with E-state index in [0.29, 0.717) is 24.3 Å². The van der Waals surface area contributed by atoms with Crippen molar-refractivity contribution in [3.05, 3.63) is 77.2 Å². The number of benzene rings is 1. The van der Waals surface area contributed by atoms with E-state index in [9.17, 15) is 9.59 Å². The molecule has 0 saturated carbocycles. The number of pyridine rings is 1. The summed E-state index contributed by atoms with van der Waals surface area (Å²) >= 11 is 1.49. The first-order chi connectivity index (χ1) is 16.9. The van der Waals surface area contributed by atoms with Crippen molar-refractivity contribution in [3.63, 3.8) is 0 Å². The van der Waals surface area contributed by atoms with Gasteiger partial charge in [0.15, 0.2) is 0 Å². The van der Waals surface area contributed by atoms with Gasteiger partial charge in [0, 0.05) is 39.4 Å². The zero-order valence-corrected chi connectivity index (χ0v) is 21.7. The number of carbonyl (C=O) groups is 2. The summed E-state index contributed by atoms with van der Waals surface area (Å²) in [6.45, 7) is 3.24. The van der Waals surface area contributed by atoms with Crippen molar-refractivity contribution in [1.82, 2.24) is 24.6 Å². The molecule has 3 heterocycles. The van der Waals surface area contributed by atoms with Gasteiger partial charge in [0.25, 0.3) is 11.8 Å². The Balaban J connectivity index is 1.51. The number of hydrogen-bond donors (Lipinski definition) is 0. The van der Waals surface area contributed by atoms with Crippen molar-refractivity contribution < 1.29 is 9.59 Å². The van der Waals surface area contributed by atoms with Gasteiger partial charge >= 0.3 is 0 Å². The molecule has 184 valence electrons. The van der Waals surface area contributed by atoms with E-state index in [1.807, 2.05) is 73.5 Å². The Morgan fingerprint density at radius 2 is 1.86 bits per heavy atom. The number of likely N-dealkylation sites (tertiary alicyclic amines) is 1. The molecule has 8 heteroatoms. The first-order valence-electron chi connectivity index (χ1n) is 12.0. The molecule has 1 saturated heterocycles. The van der Waals surface area contributed by atoms with Gasteiger partial charge in [0.1, 0.15) is 10.7 Å². The average molecular weight is 492 g/mol. The van der Waals surface area contributed by atoms with Crippen LogP contribution in [0.5, 0.6) is 0 Å². The highest BCUT2D eigenvalue weighted by Crippen LogP contribution is 2.29. The molecule has 7 nitrogen and oxygen atoms in total. The second-order valence-corrected chi connectivity index (χ2v) is 9.95. The van der Waals surface area contributed by atoms with Crippen molar-refractivity contribution >= 4 is 23.6 Å². The largest absolute Gasteiger partial charge is 0.339 e. The van der Waals surface area contributed by atoms with Crippen LogP contribution in [0.4, 0.5) is 0 Å². The first-order valence-corrected chi connectivity index (χ1v) is 13.2. The SMILES string of the molecule is CSc1ncccc1C(=O)N1CCC(C(Cc2ccccc2)N(C)C(=O)c2cc(C)nn2C)CC1. The van der Waals surface area contributed by atoms with Crippen LogP contribution in [0.3, 0.4) is 0 Å². The molecular weight excluding hydrogens is 458 g/mol. The van der Waals surface area contributed by atoms with Crippen LogP contribution in [0.1, 0.15) is 44.9 Å². The van der Waals surface area contributed by atoms with Gasteiger partial charge in [-0.3, -0.25) is 14.3 Å². The second kappa shape index (κ2) is 11.1. The van der Waals surface area contributed by atoms with Crippen molar-refractivity contribution in [2.75, 3.05) is 26.4 Å². The van der Waals surface area contributed by atoms with Gasteiger partial charge < -0.3 is 9.80 Å².